The van der Waals surface area contributed by atoms with Crippen LogP contribution in [-0.2, 0) is 0 Å². The Morgan fingerprint density at radius 1 is 1.17 bits per heavy atom. The summed E-state index contributed by atoms with van der Waals surface area (Å²) in [5.74, 6) is 0.551. The summed E-state index contributed by atoms with van der Waals surface area (Å²) in [6.07, 6.45) is 5.54. The van der Waals surface area contributed by atoms with Gasteiger partial charge in [-0.15, -0.1) is 10.2 Å². The Morgan fingerprint density at radius 3 is 2.67 bits per heavy atom. The van der Waals surface area contributed by atoms with Gasteiger partial charge in [-0.1, -0.05) is 11.3 Å². The zero-order valence-electron chi connectivity index (χ0n) is 20.5. The molecule has 2 aliphatic rings. The number of aromatic nitrogens is 5. The molecule has 0 spiro atoms. The maximum absolute atomic E-state index is 10.8. The van der Waals surface area contributed by atoms with Gasteiger partial charge in [-0.25, -0.2) is 4.52 Å². The number of nitrogens with zero attached hydrogens (tertiary/aromatic N) is 7. The number of fused-ring (bicyclic) bond motifs is 3. The molecular formula is C26H28N8OS. The van der Waals surface area contributed by atoms with E-state index >= 15 is 0 Å². The van der Waals surface area contributed by atoms with E-state index in [9.17, 15) is 10.4 Å². The molecule has 0 radical (unpaired) electrons. The van der Waals surface area contributed by atoms with Crippen molar-refractivity contribution in [2.75, 3.05) is 23.3 Å². The fraction of sp³-hybridized carbons (Fsp3) is 0.423. The molecule has 4 aromatic rings. The van der Waals surface area contributed by atoms with Gasteiger partial charge >= 0.3 is 0 Å². The number of hydrogen-bond acceptors (Lipinski definition) is 9. The summed E-state index contributed by atoms with van der Waals surface area (Å²) < 4.78 is 1.80. The number of aliphatic hydroxyl groups is 1. The Hall–Kier alpha value is -3.55. The zero-order chi connectivity index (χ0) is 25.0. The molecule has 4 aromatic heterocycles. The smallest absolute Gasteiger partial charge is 0.208 e. The lowest BCUT2D eigenvalue weighted by Crippen LogP contribution is -2.52. The Morgan fingerprint density at radius 2 is 1.94 bits per heavy atom. The van der Waals surface area contributed by atoms with Gasteiger partial charge in [0.2, 0.25) is 5.13 Å². The number of hydrogen-bond donors (Lipinski definition) is 2. The third-order valence-electron chi connectivity index (χ3n) is 7.55. The fourth-order valence-electron chi connectivity index (χ4n) is 5.54. The molecule has 0 amide bonds. The third kappa shape index (κ3) is 3.79. The van der Waals surface area contributed by atoms with Crippen LogP contribution in [0.4, 0.5) is 10.8 Å². The quantitative estimate of drug-likeness (QED) is 0.419. The van der Waals surface area contributed by atoms with E-state index in [-0.39, 0.29) is 17.9 Å². The van der Waals surface area contributed by atoms with Gasteiger partial charge in [0, 0.05) is 42.9 Å². The molecule has 184 valence electrons. The second-order valence-electron chi connectivity index (χ2n) is 10.3. The predicted molar refractivity (Wildman–Crippen MR) is 140 cm³/mol. The summed E-state index contributed by atoms with van der Waals surface area (Å²) in [4.78, 5) is 7.04. The summed E-state index contributed by atoms with van der Waals surface area (Å²) in [6.45, 7) is 7.81. The van der Waals surface area contributed by atoms with Crippen LogP contribution in [0.2, 0.25) is 0 Å². The van der Waals surface area contributed by atoms with Crippen LogP contribution in [-0.4, -0.2) is 54.6 Å². The van der Waals surface area contributed by atoms with E-state index in [1.54, 1.807) is 22.0 Å². The molecule has 2 bridgehead atoms. The van der Waals surface area contributed by atoms with Gasteiger partial charge in [0.1, 0.15) is 6.07 Å². The minimum atomic E-state index is -0.577. The second kappa shape index (κ2) is 8.54. The van der Waals surface area contributed by atoms with Crippen molar-refractivity contribution < 1.29 is 5.11 Å². The van der Waals surface area contributed by atoms with Crippen LogP contribution in [0.1, 0.15) is 39.2 Å². The highest BCUT2D eigenvalue weighted by Crippen LogP contribution is 2.46. The van der Waals surface area contributed by atoms with Gasteiger partial charge in [0.15, 0.2) is 5.01 Å². The standard InChI is InChI=1S/C26H28N8OS/c1-15(2)30-21-9-22(23-7-6-19-8-16(10-27)11-29-34(19)23)28-12-20(21)24-31-32-25(36-24)33-13-17-4-5-18(14-33)26(17,3)35/h6-9,11-12,15,17-18,35H,4-5,13-14H2,1-3H3,(H,28,30). The van der Waals surface area contributed by atoms with Gasteiger partial charge in [-0.05, 0) is 57.9 Å². The molecule has 1 aliphatic carbocycles. The van der Waals surface area contributed by atoms with E-state index in [4.69, 9.17) is 4.98 Å². The highest BCUT2D eigenvalue weighted by molar-refractivity contribution is 7.18. The van der Waals surface area contributed by atoms with Crippen LogP contribution in [0.15, 0.2) is 36.7 Å². The molecule has 2 atom stereocenters. The summed E-state index contributed by atoms with van der Waals surface area (Å²) in [5.41, 5.74) is 4.25. The van der Waals surface area contributed by atoms with Crippen molar-refractivity contribution >= 4 is 27.7 Å². The summed E-state index contributed by atoms with van der Waals surface area (Å²) in [7, 11) is 0. The highest BCUT2D eigenvalue weighted by atomic mass is 32.1. The molecule has 0 aromatic carbocycles. The van der Waals surface area contributed by atoms with E-state index in [0.29, 0.717) is 5.56 Å². The highest BCUT2D eigenvalue weighted by Gasteiger charge is 2.50. The van der Waals surface area contributed by atoms with E-state index in [0.717, 1.165) is 64.2 Å². The monoisotopic (exact) mass is 500 g/mol. The Balaban J connectivity index is 1.33. The molecule has 2 N–H and O–H groups in total. The minimum absolute atomic E-state index is 0.215. The van der Waals surface area contributed by atoms with Crippen LogP contribution in [0.3, 0.4) is 0 Å². The van der Waals surface area contributed by atoms with Gasteiger partial charge in [-0.2, -0.15) is 10.4 Å². The minimum Gasteiger partial charge on any atom is -0.389 e. The molecule has 5 heterocycles. The molecule has 1 saturated carbocycles. The molecular weight excluding hydrogens is 472 g/mol. The van der Waals surface area contributed by atoms with Crippen LogP contribution in [0.25, 0.3) is 27.5 Å². The first kappa shape index (κ1) is 22.9. The Kier molecular flexibility index (Phi) is 5.43. The number of nitrogens with one attached hydrogen (secondary N) is 1. The molecule has 2 fully saturated rings. The number of piperidine rings is 1. The van der Waals surface area contributed by atoms with Gasteiger partial charge in [0.05, 0.1) is 39.8 Å². The van der Waals surface area contributed by atoms with E-state index < -0.39 is 5.60 Å². The van der Waals surface area contributed by atoms with E-state index in [2.05, 4.69) is 45.4 Å². The Bertz CT molecular complexity index is 1470. The largest absolute Gasteiger partial charge is 0.389 e. The third-order valence-corrected chi connectivity index (χ3v) is 8.57. The SMILES string of the molecule is CC(C)Nc1cc(-c2ccc3cc(C#N)cnn23)ncc1-c1nnc(N2CC3CCC(C2)C3(C)O)s1. The lowest BCUT2D eigenvalue weighted by molar-refractivity contribution is -0.0272. The van der Waals surface area contributed by atoms with E-state index in [1.165, 1.54) is 0 Å². The fourth-order valence-corrected chi connectivity index (χ4v) is 6.42. The molecule has 10 heteroatoms. The maximum Gasteiger partial charge on any atom is 0.208 e. The molecule has 1 aliphatic heterocycles. The molecule has 9 nitrogen and oxygen atoms in total. The van der Waals surface area contributed by atoms with E-state index in [1.807, 2.05) is 37.4 Å². The van der Waals surface area contributed by atoms with Crippen LogP contribution >= 0.6 is 11.3 Å². The number of anilines is 2. The number of pyridine rings is 1. The summed E-state index contributed by atoms with van der Waals surface area (Å²) >= 11 is 1.57. The average Bonchev–Trinajstić information content (AvgIpc) is 3.52. The predicted octanol–water partition coefficient (Wildman–Crippen LogP) is 4.20. The summed E-state index contributed by atoms with van der Waals surface area (Å²) in [6, 6.07) is 10.1. The molecule has 36 heavy (non-hydrogen) atoms. The van der Waals surface area contributed by atoms with Crippen LogP contribution in [0, 0.1) is 23.2 Å². The second-order valence-corrected chi connectivity index (χ2v) is 11.3. The molecule has 2 unspecified atom stereocenters. The van der Waals surface area contributed by atoms with Crippen molar-refractivity contribution in [3.63, 3.8) is 0 Å². The van der Waals surface area contributed by atoms with Crippen LogP contribution in [0.5, 0.6) is 0 Å². The zero-order valence-corrected chi connectivity index (χ0v) is 21.3. The first-order valence-electron chi connectivity index (χ1n) is 12.3. The van der Waals surface area contributed by atoms with Gasteiger partial charge in [0.25, 0.3) is 0 Å². The molecule has 1 saturated heterocycles. The Labute approximate surface area is 213 Å². The van der Waals surface area contributed by atoms with Crippen molar-refractivity contribution in [3.05, 3.63) is 42.2 Å². The van der Waals surface area contributed by atoms with Crippen molar-refractivity contribution in [2.24, 2.45) is 11.8 Å². The first-order chi connectivity index (χ1) is 17.3. The average molecular weight is 501 g/mol. The van der Waals surface area contributed by atoms with Crippen LogP contribution < -0.4 is 10.2 Å². The number of nitriles is 1. The lowest BCUT2D eigenvalue weighted by Gasteiger charge is -2.42. The first-order valence-corrected chi connectivity index (χ1v) is 13.1. The van der Waals surface area contributed by atoms with Crippen molar-refractivity contribution in [1.29, 1.82) is 5.26 Å². The number of rotatable bonds is 5. The summed E-state index contributed by atoms with van der Waals surface area (Å²) in [5, 5.41) is 38.8. The van der Waals surface area contributed by atoms with Gasteiger partial charge < -0.3 is 15.3 Å². The lowest BCUT2D eigenvalue weighted by atomic mass is 9.82. The van der Waals surface area contributed by atoms with Gasteiger partial charge in [-0.3, -0.25) is 4.98 Å². The van der Waals surface area contributed by atoms with Crippen molar-refractivity contribution in [1.82, 2.24) is 24.8 Å². The topological polar surface area (TPSA) is 115 Å². The maximum atomic E-state index is 10.8. The normalized spacial score (nSPS) is 23.4. The molecule has 6 rings (SSSR count). The van der Waals surface area contributed by atoms with Crippen molar-refractivity contribution in [3.8, 4) is 28.0 Å². The van der Waals surface area contributed by atoms with Crippen molar-refractivity contribution in [2.45, 2.75) is 45.3 Å².